The number of carbonyl (C=O) groups is 1. The first-order valence-corrected chi connectivity index (χ1v) is 10.3. The molecule has 0 bridgehead atoms. The van der Waals surface area contributed by atoms with Crippen LogP contribution in [0.2, 0.25) is 10.0 Å². The van der Waals surface area contributed by atoms with Crippen LogP contribution in [0.15, 0.2) is 71.1 Å². The number of anilines is 1. The number of nitrogens with one attached hydrogen (secondary N) is 1. The minimum absolute atomic E-state index is 0.124. The van der Waals surface area contributed by atoms with E-state index in [4.69, 9.17) is 32.4 Å². The lowest BCUT2D eigenvalue weighted by molar-refractivity contribution is 0.0992. The predicted molar refractivity (Wildman–Crippen MR) is 120 cm³/mol. The molecule has 0 atom stereocenters. The van der Waals surface area contributed by atoms with Crippen LogP contribution in [-0.2, 0) is 13.2 Å². The minimum Gasteiger partial charge on any atom is -0.484 e. The molecule has 0 aliphatic rings. The van der Waals surface area contributed by atoms with Crippen molar-refractivity contribution in [3.63, 3.8) is 0 Å². The van der Waals surface area contributed by atoms with Crippen molar-refractivity contribution in [3.8, 4) is 5.75 Å². The van der Waals surface area contributed by atoms with E-state index < -0.39 is 0 Å². The zero-order chi connectivity index (χ0) is 21.8. The van der Waals surface area contributed by atoms with Crippen LogP contribution in [0.5, 0.6) is 5.75 Å². The van der Waals surface area contributed by atoms with E-state index >= 15 is 0 Å². The molecule has 158 valence electrons. The van der Waals surface area contributed by atoms with Crippen LogP contribution in [0.1, 0.15) is 27.6 Å². The third-order valence-corrected chi connectivity index (χ3v) is 5.08. The maximum atomic E-state index is 12.5. The normalized spacial score (nSPS) is 10.8. The number of hydrogen-bond acceptors (Lipinski definition) is 4. The number of aromatic nitrogens is 2. The van der Waals surface area contributed by atoms with E-state index in [1.807, 2.05) is 48.0 Å². The number of nitrogens with zero attached hydrogens (tertiary/aromatic N) is 2. The van der Waals surface area contributed by atoms with E-state index in [1.165, 1.54) is 0 Å². The Labute approximate surface area is 189 Å². The number of furan rings is 1. The summed E-state index contributed by atoms with van der Waals surface area (Å²) in [5.74, 6) is 1.20. The van der Waals surface area contributed by atoms with Crippen LogP contribution < -0.4 is 10.1 Å². The Balaban J connectivity index is 1.37. The van der Waals surface area contributed by atoms with Gasteiger partial charge in [0.05, 0.1) is 11.6 Å². The van der Waals surface area contributed by atoms with E-state index in [1.54, 1.807) is 30.3 Å². The Hall–Kier alpha value is -3.22. The molecule has 0 saturated heterocycles. The highest BCUT2D eigenvalue weighted by molar-refractivity contribution is 6.35. The maximum absolute atomic E-state index is 12.5. The first-order chi connectivity index (χ1) is 15.0. The van der Waals surface area contributed by atoms with Crippen LogP contribution in [0.25, 0.3) is 0 Å². The molecule has 8 heteroatoms. The second-order valence-corrected chi connectivity index (χ2v) is 7.74. The summed E-state index contributed by atoms with van der Waals surface area (Å²) in [6.07, 6.45) is 0. The summed E-state index contributed by atoms with van der Waals surface area (Å²) in [7, 11) is 0. The molecule has 4 rings (SSSR count). The highest BCUT2D eigenvalue weighted by atomic mass is 35.5. The SMILES string of the molecule is Cc1cc(NC(=O)c2ccc(COc3ccc(Cl)cc3Cl)o2)nn1Cc1ccccc1. The topological polar surface area (TPSA) is 69.3 Å². The zero-order valence-corrected chi connectivity index (χ0v) is 18.2. The van der Waals surface area contributed by atoms with Crippen molar-refractivity contribution < 1.29 is 13.9 Å². The van der Waals surface area contributed by atoms with E-state index in [0.717, 1.165) is 11.3 Å². The summed E-state index contributed by atoms with van der Waals surface area (Å²) in [6, 6.07) is 20.0. The van der Waals surface area contributed by atoms with Gasteiger partial charge in [0, 0.05) is 16.8 Å². The molecule has 1 N–H and O–H groups in total. The summed E-state index contributed by atoms with van der Waals surface area (Å²) < 4.78 is 13.1. The summed E-state index contributed by atoms with van der Waals surface area (Å²) in [4.78, 5) is 12.5. The number of benzene rings is 2. The second-order valence-electron chi connectivity index (χ2n) is 6.90. The van der Waals surface area contributed by atoms with Gasteiger partial charge in [-0.25, -0.2) is 0 Å². The summed E-state index contributed by atoms with van der Waals surface area (Å²) in [6.45, 7) is 2.69. The monoisotopic (exact) mass is 455 g/mol. The molecule has 0 spiro atoms. The average Bonchev–Trinajstić information content (AvgIpc) is 3.35. The fraction of sp³-hybridized carbons (Fsp3) is 0.130. The minimum atomic E-state index is -0.389. The van der Waals surface area contributed by atoms with Crippen molar-refractivity contribution in [1.82, 2.24) is 9.78 Å². The number of ether oxygens (including phenoxy) is 1. The van der Waals surface area contributed by atoms with Gasteiger partial charge in [-0.1, -0.05) is 53.5 Å². The first-order valence-electron chi connectivity index (χ1n) is 9.54. The van der Waals surface area contributed by atoms with Crippen molar-refractivity contribution in [2.75, 3.05) is 5.32 Å². The van der Waals surface area contributed by atoms with Crippen molar-refractivity contribution in [1.29, 1.82) is 0 Å². The predicted octanol–water partition coefficient (Wildman–Crippen LogP) is 5.97. The van der Waals surface area contributed by atoms with Gasteiger partial charge in [0.1, 0.15) is 18.1 Å². The first kappa shape index (κ1) is 21.0. The molecule has 4 aromatic rings. The van der Waals surface area contributed by atoms with Gasteiger partial charge in [-0.05, 0) is 42.8 Å². The highest BCUT2D eigenvalue weighted by Crippen LogP contribution is 2.28. The smallest absolute Gasteiger partial charge is 0.292 e. The molecule has 0 saturated carbocycles. The fourth-order valence-electron chi connectivity index (χ4n) is 2.98. The van der Waals surface area contributed by atoms with E-state index in [9.17, 15) is 4.79 Å². The molecule has 2 heterocycles. The van der Waals surface area contributed by atoms with Crippen LogP contribution in [0, 0.1) is 6.92 Å². The molecular formula is C23H19Cl2N3O3. The third kappa shape index (κ3) is 5.29. The van der Waals surface area contributed by atoms with E-state index in [2.05, 4.69) is 10.4 Å². The van der Waals surface area contributed by atoms with Gasteiger partial charge in [-0.2, -0.15) is 5.10 Å². The van der Waals surface area contributed by atoms with Crippen molar-refractivity contribution >= 4 is 34.9 Å². The van der Waals surface area contributed by atoms with Crippen molar-refractivity contribution in [2.24, 2.45) is 0 Å². The highest BCUT2D eigenvalue weighted by Gasteiger charge is 2.15. The summed E-state index contributed by atoms with van der Waals surface area (Å²) in [5, 5.41) is 8.15. The fourth-order valence-corrected chi connectivity index (χ4v) is 3.45. The molecule has 6 nitrogen and oxygen atoms in total. The number of halogens is 2. The Morgan fingerprint density at radius 3 is 2.68 bits per heavy atom. The molecule has 2 aromatic heterocycles. The molecule has 0 fully saturated rings. The van der Waals surface area contributed by atoms with Gasteiger partial charge < -0.3 is 14.5 Å². The lowest BCUT2D eigenvalue weighted by Gasteiger charge is -2.06. The van der Waals surface area contributed by atoms with Crippen LogP contribution in [0.4, 0.5) is 5.82 Å². The Morgan fingerprint density at radius 1 is 1.10 bits per heavy atom. The van der Waals surface area contributed by atoms with Crippen LogP contribution >= 0.6 is 23.2 Å². The van der Waals surface area contributed by atoms with Gasteiger partial charge in [-0.15, -0.1) is 0 Å². The van der Waals surface area contributed by atoms with E-state index in [-0.39, 0.29) is 18.3 Å². The molecular weight excluding hydrogens is 437 g/mol. The van der Waals surface area contributed by atoms with Gasteiger partial charge in [0.15, 0.2) is 11.6 Å². The Bertz CT molecular complexity index is 1200. The van der Waals surface area contributed by atoms with E-state index in [0.29, 0.717) is 33.9 Å². The Morgan fingerprint density at radius 2 is 1.90 bits per heavy atom. The Kier molecular flexibility index (Phi) is 6.30. The number of carbonyl (C=O) groups excluding carboxylic acids is 1. The summed E-state index contributed by atoms with van der Waals surface area (Å²) >= 11 is 12.0. The zero-order valence-electron chi connectivity index (χ0n) is 16.6. The molecule has 0 aliphatic carbocycles. The maximum Gasteiger partial charge on any atom is 0.292 e. The standard InChI is InChI=1S/C23H19Cl2N3O3/c1-15-11-22(27-28(15)13-16-5-3-2-4-6-16)26-23(29)21-10-8-18(31-21)14-30-20-9-7-17(24)12-19(20)25/h2-12H,13-14H2,1H3,(H,26,27,29). The van der Waals surface area contributed by atoms with Crippen LogP contribution in [0.3, 0.4) is 0 Å². The number of amides is 1. The molecule has 0 aliphatic heterocycles. The molecule has 2 aromatic carbocycles. The summed E-state index contributed by atoms with van der Waals surface area (Å²) in [5.41, 5.74) is 2.07. The number of rotatable bonds is 7. The second kappa shape index (κ2) is 9.29. The van der Waals surface area contributed by atoms with Crippen LogP contribution in [-0.4, -0.2) is 15.7 Å². The van der Waals surface area contributed by atoms with Crippen molar-refractivity contribution in [3.05, 3.63) is 99.6 Å². The molecule has 31 heavy (non-hydrogen) atoms. The largest absolute Gasteiger partial charge is 0.484 e. The molecule has 0 unspecified atom stereocenters. The lowest BCUT2D eigenvalue weighted by Crippen LogP contribution is -2.12. The lowest BCUT2D eigenvalue weighted by atomic mass is 10.2. The average molecular weight is 456 g/mol. The number of hydrogen-bond donors (Lipinski definition) is 1. The van der Waals surface area contributed by atoms with Gasteiger partial charge in [0.25, 0.3) is 5.91 Å². The van der Waals surface area contributed by atoms with Crippen molar-refractivity contribution in [2.45, 2.75) is 20.1 Å². The number of aryl methyl sites for hydroxylation is 1. The quantitative estimate of drug-likeness (QED) is 0.372. The van der Waals surface area contributed by atoms with Gasteiger partial charge in [-0.3, -0.25) is 9.48 Å². The third-order valence-electron chi connectivity index (χ3n) is 4.55. The molecule has 1 amide bonds. The molecule has 0 radical (unpaired) electrons. The van der Waals surface area contributed by atoms with Gasteiger partial charge in [0.2, 0.25) is 0 Å². The van der Waals surface area contributed by atoms with Gasteiger partial charge >= 0.3 is 0 Å².